The molecule has 0 aromatic rings. The highest BCUT2D eigenvalue weighted by molar-refractivity contribution is 6.21. The number of hydrazine groups is 1. The minimum Gasteiger partial charge on any atom is -0.380 e. The molecule has 0 aromatic heterocycles. The summed E-state index contributed by atoms with van der Waals surface area (Å²) in [5.41, 5.74) is 3.80. The van der Waals surface area contributed by atoms with E-state index in [1.54, 1.807) is 14.2 Å². The van der Waals surface area contributed by atoms with Crippen molar-refractivity contribution in [3.05, 3.63) is 0 Å². The molecule has 4 N–H and O–H groups in total. The predicted molar refractivity (Wildman–Crippen MR) is 115 cm³/mol. The number of rotatable bonds is 5. The van der Waals surface area contributed by atoms with Crippen LogP contribution in [-0.4, -0.2) is 67.5 Å². The molecule has 8 unspecified atom stereocenters. The van der Waals surface area contributed by atoms with Gasteiger partial charge in [0.1, 0.15) is 6.29 Å². The molecule has 2 heterocycles. The smallest absolute Gasteiger partial charge is 0.130 e. The Balaban J connectivity index is 1.40. The fourth-order valence-electron chi connectivity index (χ4n) is 5.73. The van der Waals surface area contributed by atoms with Gasteiger partial charge in [-0.15, -0.1) is 11.6 Å². The van der Waals surface area contributed by atoms with Crippen molar-refractivity contribution in [2.45, 2.75) is 107 Å². The Morgan fingerprint density at radius 1 is 0.931 bits per heavy atom. The zero-order chi connectivity index (χ0) is 20.5. The Morgan fingerprint density at radius 2 is 1.66 bits per heavy atom. The van der Waals surface area contributed by atoms with E-state index in [1.165, 1.54) is 25.7 Å². The molecular weight excluding hydrogens is 390 g/mol. The molecule has 4 fully saturated rings. The molecule has 0 radical (unpaired) electrons. The normalized spacial score (nSPS) is 49.1. The first kappa shape index (κ1) is 22.2. The molecular formula is C21H40ClN5O2. The van der Waals surface area contributed by atoms with Crippen molar-refractivity contribution >= 4 is 11.6 Å². The van der Waals surface area contributed by atoms with E-state index in [1.807, 2.05) is 0 Å². The van der Waals surface area contributed by atoms with Crippen LogP contribution >= 0.6 is 11.6 Å². The van der Waals surface area contributed by atoms with Gasteiger partial charge in [-0.05, 0) is 44.4 Å². The highest BCUT2D eigenvalue weighted by Gasteiger charge is 2.45. The van der Waals surface area contributed by atoms with E-state index in [9.17, 15) is 0 Å². The summed E-state index contributed by atoms with van der Waals surface area (Å²) < 4.78 is 11.4. The lowest BCUT2D eigenvalue weighted by Crippen LogP contribution is -2.68. The molecule has 29 heavy (non-hydrogen) atoms. The number of fused-ring (bicyclic) bond motifs is 1. The Bertz CT molecular complexity index is 535. The van der Waals surface area contributed by atoms with Gasteiger partial charge >= 0.3 is 0 Å². The number of nitrogens with zero attached hydrogens (tertiary/aromatic N) is 1. The van der Waals surface area contributed by atoms with Crippen LogP contribution in [0, 0.1) is 11.8 Å². The first-order chi connectivity index (χ1) is 14.0. The fraction of sp³-hybridized carbons (Fsp3) is 1.00. The van der Waals surface area contributed by atoms with Crippen molar-refractivity contribution in [3.63, 3.8) is 0 Å². The third kappa shape index (κ3) is 4.93. The van der Waals surface area contributed by atoms with Crippen LogP contribution in [0.3, 0.4) is 0 Å². The van der Waals surface area contributed by atoms with Crippen LogP contribution in [0.15, 0.2) is 0 Å². The molecule has 2 saturated carbocycles. The molecule has 0 aromatic carbocycles. The van der Waals surface area contributed by atoms with Gasteiger partial charge < -0.3 is 9.47 Å². The monoisotopic (exact) mass is 429 g/mol. The summed E-state index contributed by atoms with van der Waals surface area (Å²) in [6.45, 7) is 4.65. The lowest BCUT2D eigenvalue weighted by atomic mass is 9.81. The van der Waals surface area contributed by atoms with Gasteiger partial charge in [0.05, 0.1) is 29.9 Å². The quantitative estimate of drug-likeness (QED) is 0.498. The lowest BCUT2D eigenvalue weighted by molar-refractivity contribution is -0.0489. The van der Waals surface area contributed by atoms with Gasteiger partial charge in [0.15, 0.2) is 0 Å². The van der Waals surface area contributed by atoms with Gasteiger partial charge in [0.2, 0.25) is 0 Å². The molecule has 4 rings (SSSR count). The maximum absolute atomic E-state index is 6.62. The number of halogens is 1. The van der Waals surface area contributed by atoms with Gasteiger partial charge in [-0.25, -0.2) is 5.43 Å². The Kier molecular flexibility index (Phi) is 7.39. The molecule has 8 heteroatoms. The SMILES string of the molecule is COC1CC(OC)C(NC2CC(C)NC3NC(C4CCC(C)CC4)NN23)CC1Cl. The van der Waals surface area contributed by atoms with Crippen molar-refractivity contribution in [3.8, 4) is 0 Å². The number of nitrogens with one attached hydrogen (secondary N) is 4. The van der Waals surface area contributed by atoms with Gasteiger partial charge in [-0.1, -0.05) is 19.8 Å². The second-order valence-corrected chi connectivity index (χ2v) is 10.3. The van der Waals surface area contributed by atoms with Crippen molar-refractivity contribution < 1.29 is 9.47 Å². The van der Waals surface area contributed by atoms with Crippen LogP contribution in [0.1, 0.15) is 58.8 Å². The summed E-state index contributed by atoms with van der Waals surface area (Å²) >= 11 is 6.62. The topological polar surface area (TPSA) is 69.8 Å². The third-order valence-corrected chi connectivity index (χ3v) is 8.06. The molecule has 0 amide bonds. The first-order valence-electron chi connectivity index (χ1n) is 11.5. The lowest BCUT2D eigenvalue weighted by Gasteiger charge is -2.45. The van der Waals surface area contributed by atoms with Crippen molar-refractivity contribution in [2.75, 3.05) is 14.2 Å². The maximum Gasteiger partial charge on any atom is 0.130 e. The number of methoxy groups -OCH3 is 2. The van der Waals surface area contributed by atoms with E-state index >= 15 is 0 Å². The van der Waals surface area contributed by atoms with Crippen LogP contribution in [0.25, 0.3) is 0 Å². The van der Waals surface area contributed by atoms with E-state index in [-0.39, 0.29) is 36.1 Å². The van der Waals surface area contributed by atoms with Gasteiger partial charge in [0, 0.05) is 32.7 Å². The van der Waals surface area contributed by atoms with Crippen LogP contribution in [0.2, 0.25) is 0 Å². The number of ether oxygens (including phenoxy) is 2. The molecule has 0 spiro atoms. The van der Waals surface area contributed by atoms with E-state index in [0.717, 1.165) is 25.2 Å². The highest BCUT2D eigenvalue weighted by Crippen LogP contribution is 2.33. The van der Waals surface area contributed by atoms with Crippen molar-refractivity contribution in [1.82, 2.24) is 26.4 Å². The second kappa shape index (κ2) is 9.65. The standard InChI is InChI=1S/C21H40ClN5O2/c1-12-5-7-14(8-6-12)20-25-21-23-13(2)9-19(27(21)26-20)24-16-10-15(22)17(28-3)11-18(16)29-4/h12-21,23-26H,5-11H2,1-4H3. The van der Waals surface area contributed by atoms with Crippen LogP contribution < -0.4 is 21.4 Å². The maximum atomic E-state index is 6.62. The molecule has 7 nitrogen and oxygen atoms in total. The summed E-state index contributed by atoms with van der Waals surface area (Å²) in [5, 5.41) is 13.8. The molecule has 168 valence electrons. The van der Waals surface area contributed by atoms with Crippen LogP contribution in [0.4, 0.5) is 0 Å². The summed E-state index contributed by atoms with van der Waals surface area (Å²) in [7, 11) is 3.54. The first-order valence-corrected chi connectivity index (χ1v) is 11.9. The number of hydrogen-bond acceptors (Lipinski definition) is 7. The van der Waals surface area contributed by atoms with Gasteiger partial charge in [-0.3, -0.25) is 16.0 Å². The molecule has 8 atom stereocenters. The molecule has 2 aliphatic carbocycles. The van der Waals surface area contributed by atoms with Crippen LogP contribution in [0.5, 0.6) is 0 Å². The number of hydrogen-bond donors (Lipinski definition) is 4. The Labute approximate surface area is 180 Å². The fourth-order valence-corrected chi connectivity index (χ4v) is 6.13. The summed E-state index contributed by atoms with van der Waals surface area (Å²) in [4.78, 5) is 0. The van der Waals surface area contributed by atoms with Crippen molar-refractivity contribution in [1.29, 1.82) is 0 Å². The third-order valence-electron chi connectivity index (χ3n) is 7.60. The minimum absolute atomic E-state index is 0.0143. The van der Waals surface area contributed by atoms with Crippen LogP contribution in [-0.2, 0) is 9.47 Å². The molecule has 2 saturated heterocycles. The average Bonchev–Trinajstić information content (AvgIpc) is 3.13. The zero-order valence-electron chi connectivity index (χ0n) is 18.4. The minimum atomic E-state index is 0.0143. The average molecular weight is 430 g/mol. The molecule has 4 aliphatic rings. The van der Waals surface area contributed by atoms with E-state index < -0.39 is 0 Å². The Morgan fingerprint density at radius 3 is 2.34 bits per heavy atom. The number of alkyl halides is 1. The summed E-state index contributed by atoms with van der Waals surface area (Å²) in [6.07, 6.45) is 8.93. The Hall–Kier alpha value is 0.01000. The molecule has 2 aliphatic heterocycles. The van der Waals surface area contributed by atoms with E-state index in [0.29, 0.717) is 18.1 Å². The van der Waals surface area contributed by atoms with Gasteiger partial charge in [0.25, 0.3) is 0 Å². The summed E-state index contributed by atoms with van der Waals surface area (Å²) in [6, 6.07) is 0.664. The predicted octanol–water partition coefficient (Wildman–Crippen LogP) is 1.93. The molecule has 0 bridgehead atoms. The second-order valence-electron chi connectivity index (χ2n) is 9.73. The van der Waals surface area contributed by atoms with E-state index in [4.69, 9.17) is 21.1 Å². The highest BCUT2D eigenvalue weighted by atomic mass is 35.5. The van der Waals surface area contributed by atoms with Gasteiger partial charge in [-0.2, -0.15) is 5.01 Å². The zero-order valence-corrected chi connectivity index (χ0v) is 19.1. The van der Waals surface area contributed by atoms with E-state index in [2.05, 4.69) is 40.2 Å². The van der Waals surface area contributed by atoms with Crippen molar-refractivity contribution in [2.24, 2.45) is 11.8 Å². The largest absolute Gasteiger partial charge is 0.380 e. The summed E-state index contributed by atoms with van der Waals surface area (Å²) in [5.74, 6) is 1.57.